The summed E-state index contributed by atoms with van der Waals surface area (Å²) in [6.07, 6.45) is 0. The standard InChI is InChI=1S/C11H13F/c1-7(2)10-8(3)5-6-9(4)11(10)12/h5-6H,1H2,2-4H3. The lowest BCUT2D eigenvalue weighted by Gasteiger charge is -2.08. The molecule has 0 aliphatic carbocycles. The van der Waals surface area contributed by atoms with Crippen molar-refractivity contribution in [1.29, 1.82) is 0 Å². The third kappa shape index (κ3) is 1.40. The largest absolute Gasteiger partial charge is 0.206 e. The van der Waals surface area contributed by atoms with Crippen molar-refractivity contribution >= 4 is 5.57 Å². The first-order valence-electron chi connectivity index (χ1n) is 3.95. The average molecular weight is 164 g/mol. The van der Waals surface area contributed by atoms with Crippen LogP contribution in [0, 0.1) is 19.7 Å². The zero-order chi connectivity index (χ0) is 9.30. The van der Waals surface area contributed by atoms with Gasteiger partial charge >= 0.3 is 0 Å². The third-order valence-electron chi connectivity index (χ3n) is 1.97. The fourth-order valence-corrected chi connectivity index (χ4v) is 1.30. The smallest absolute Gasteiger partial charge is 0.133 e. The Bertz CT molecular complexity index is 324. The molecule has 0 radical (unpaired) electrons. The van der Waals surface area contributed by atoms with E-state index in [0.29, 0.717) is 11.1 Å². The number of allylic oxidation sites excluding steroid dienone is 1. The molecule has 1 heteroatoms. The van der Waals surface area contributed by atoms with Crippen LogP contribution in [0.3, 0.4) is 0 Å². The summed E-state index contributed by atoms with van der Waals surface area (Å²) in [7, 11) is 0. The molecule has 0 fully saturated rings. The number of halogens is 1. The van der Waals surface area contributed by atoms with E-state index in [0.717, 1.165) is 11.1 Å². The van der Waals surface area contributed by atoms with Crippen LogP contribution in [0.2, 0.25) is 0 Å². The summed E-state index contributed by atoms with van der Waals surface area (Å²) in [6.45, 7) is 9.23. The van der Waals surface area contributed by atoms with Crippen molar-refractivity contribution in [3.05, 3.63) is 41.2 Å². The van der Waals surface area contributed by atoms with Crippen LogP contribution in [0.15, 0.2) is 18.7 Å². The molecule has 0 unspecified atom stereocenters. The molecule has 0 aromatic heterocycles. The van der Waals surface area contributed by atoms with Gasteiger partial charge in [0.25, 0.3) is 0 Å². The summed E-state index contributed by atoms with van der Waals surface area (Å²) in [5.74, 6) is -0.137. The van der Waals surface area contributed by atoms with Crippen LogP contribution < -0.4 is 0 Å². The van der Waals surface area contributed by atoms with Gasteiger partial charge in [-0.2, -0.15) is 0 Å². The lowest BCUT2D eigenvalue weighted by Crippen LogP contribution is -1.93. The number of rotatable bonds is 1. The zero-order valence-electron chi connectivity index (χ0n) is 7.74. The molecule has 0 nitrogen and oxygen atoms in total. The molecule has 0 bridgehead atoms. The minimum absolute atomic E-state index is 0.137. The maximum Gasteiger partial charge on any atom is 0.133 e. The molecule has 0 spiro atoms. The first kappa shape index (κ1) is 8.98. The van der Waals surface area contributed by atoms with Crippen LogP contribution in [0.25, 0.3) is 5.57 Å². The van der Waals surface area contributed by atoms with Gasteiger partial charge in [-0.15, -0.1) is 0 Å². The molecule has 64 valence electrons. The second-order valence-corrected chi connectivity index (χ2v) is 3.17. The minimum atomic E-state index is -0.137. The SMILES string of the molecule is C=C(C)c1c(C)ccc(C)c1F. The van der Waals surface area contributed by atoms with Gasteiger partial charge in [0.1, 0.15) is 5.82 Å². The Hall–Kier alpha value is -1.11. The van der Waals surface area contributed by atoms with E-state index in [1.54, 1.807) is 13.0 Å². The fraction of sp³-hybridized carbons (Fsp3) is 0.273. The van der Waals surface area contributed by atoms with Crippen LogP contribution in [-0.4, -0.2) is 0 Å². The molecule has 1 aromatic carbocycles. The van der Waals surface area contributed by atoms with Crippen molar-refractivity contribution < 1.29 is 4.39 Å². The lowest BCUT2D eigenvalue weighted by atomic mass is 10.00. The quantitative estimate of drug-likeness (QED) is 0.596. The van der Waals surface area contributed by atoms with E-state index >= 15 is 0 Å². The predicted octanol–water partition coefficient (Wildman–Crippen LogP) is 3.48. The van der Waals surface area contributed by atoms with Crippen molar-refractivity contribution in [1.82, 2.24) is 0 Å². The third-order valence-corrected chi connectivity index (χ3v) is 1.97. The molecule has 0 saturated carbocycles. The van der Waals surface area contributed by atoms with Gasteiger partial charge in [-0.05, 0) is 37.5 Å². The molecule has 0 atom stereocenters. The highest BCUT2D eigenvalue weighted by Gasteiger charge is 2.07. The number of hydrogen-bond acceptors (Lipinski definition) is 0. The van der Waals surface area contributed by atoms with Crippen molar-refractivity contribution in [3.63, 3.8) is 0 Å². The average Bonchev–Trinajstić information content (AvgIpc) is 1.97. The van der Waals surface area contributed by atoms with Crippen LogP contribution in [0.5, 0.6) is 0 Å². The molecule has 1 aromatic rings. The Kier molecular flexibility index (Phi) is 2.32. The molecular weight excluding hydrogens is 151 g/mol. The molecule has 0 N–H and O–H groups in total. The molecule has 0 heterocycles. The molecular formula is C11H13F. The normalized spacial score (nSPS) is 10.0. The summed E-state index contributed by atoms with van der Waals surface area (Å²) in [4.78, 5) is 0. The maximum absolute atomic E-state index is 13.5. The fourth-order valence-electron chi connectivity index (χ4n) is 1.30. The molecule has 0 amide bonds. The second-order valence-electron chi connectivity index (χ2n) is 3.17. The Balaban J connectivity index is 3.43. The predicted molar refractivity (Wildman–Crippen MR) is 50.6 cm³/mol. The van der Waals surface area contributed by atoms with Crippen LogP contribution in [-0.2, 0) is 0 Å². The van der Waals surface area contributed by atoms with E-state index in [1.165, 1.54) is 0 Å². The Labute approximate surface area is 72.7 Å². The van der Waals surface area contributed by atoms with Crippen LogP contribution in [0.4, 0.5) is 4.39 Å². The zero-order valence-corrected chi connectivity index (χ0v) is 7.74. The van der Waals surface area contributed by atoms with Crippen LogP contribution >= 0.6 is 0 Å². The second kappa shape index (κ2) is 3.10. The van der Waals surface area contributed by atoms with Gasteiger partial charge < -0.3 is 0 Å². The van der Waals surface area contributed by atoms with Gasteiger partial charge in [0, 0.05) is 5.56 Å². The van der Waals surface area contributed by atoms with E-state index in [2.05, 4.69) is 6.58 Å². The molecule has 12 heavy (non-hydrogen) atoms. The Morgan fingerprint density at radius 3 is 2.17 bits per heavy atom. The topological polar surface area (TPSA) is 0 Å². The Morgan fingerprint density at radius 2 is 1.75 bits per heavy atom. The van der Waals surface area contributed by atoms with Crippen molar-refractivity contribution in [2.24, 2.45) is 0 Å². The van der Waals surface area contributed by atoms with Gasteiger partial charge in [-0.1, -0.05) is 18.7 Å². The number of hydrogen-bond donors (Lipinski definition) is 0. The molecule has 0 aliphatic heterocycles. The van der Waals surface area contributed by atoms with Crippen LogP contribution in [0.1, 0.15) is 23.6 Å². The summed E-state index contributed by atoms with van der Waals surface area (Å²) in [5, 5.41) is 0. The highest BCUT2D eigenvalue weighted by Crippen LogP contribution is 2.22. The lowest BCUT2D eigenvalue weighted by molar-refractivity contribution is 0.613. The van der Waals surface area contributed by atoms with E-state index in [-0.39, 0.29) is 5.82 Å². The van der Waals surface area contributed by atoms with Gasteiger partial charge in [0.15, 0.2) is 0 Å². The van der Waals surface area contributed by atoms with Gasteiger partial charge in [0.05, 0.1) is 0 Å². The molecule has 1 rings (SSSR count). The van der Waals surface area contributed by atoms with E-state index in [1.807, 2.05) is 19.9 Å². The summed E-state index contributed by atoms with van der Waals surface area (Å²) < 4.78 is 13.5. The molecule has 0 saturated heterocycles. The number of aryl methyl sites for hydroxylation is 2. The van der Waals surface area contributed by atoms with Gasteiger partial charge in [-0.3, -0.25) is 0 Å². The maximum atomic E-state index is 13.5. The first-order valence-corrected chi connectivity index (χ1v) is 3.95. The Morgan fingerprint density at radius 1 is 1.25 bits per heavy atom. The number of benzene rings is 1. The van der Waals surface area contributed by atoms with Gasteiger partial charge in [-0.25, -0.2) is 4.39 Å². The van der Waals surface area contributed by atoms with E-state index < -0.39 is 0 Å². The highest BCUT2D eigenvalue weighted by molar-refractivity contribution is 5.65. The molecule has 0 aliphatic rings. The van der Waals surface area contributed by atoms with Gasteiger partial charge in [0.2, 0.25) is 0 Å². The van der Waals surface area contributed by atoms with Crippen molar-refractivity contribution in [3.8, 4) is 0 Å². The highest BCUT2D eigenvalue weighted by atomic mass is 19.1. The monoisotopic (exact) mass is 164 g/mol. The van der Waals surface area contributed by atoms with E-state index in [4.69, 9.17) is 0 Å². The first-order chi connectivity index (χ1) is 5.54. The van der Waals surface area contributed by atoms with Crippen molar-refractivity contribution in [2.45, 2.75) is 20.8 Å². The van der Waals surface area contributed by atoms with E-state index in [9.17, 15) is 4.39 Å². The summed E-state index contributed by atoms with van der Waals surface area (Å²) in [6, 6.07) is 3.71. The summed E-state index contributed by atoms with van der Waals surface area (Å²) >= 11 is 0. The minimum Gasteiger partial charge on any atom is -0.206 e. The summed E-state index contributed by atoms with van der Waals surface area (Å²) in [5.41, 5.74) is 3.08. The van der Waals surface area contributed by atoms with Crippen molar-refractivity contribution in [2.75, 3.05) is 0 Å².